The number of nitrogens with two attached hydrogens (primary N) is 1. The van der Waals surface area contributed by atoms with E-state index in [9.17, 15) is 13.2 Å². The van der Waals surface area contributed by atoms with Crippen LogP contribution in [0, 0.1) is 6.92 Å². The number of aromatic nitrogens is 2. The Morgan fingerprint density at radius 1 is 1.14 bits per heavy atom. The van der Waals surface area contributed by atoms with Gasteiger partial charge in [-0.05, 0) is 55.7 Å². The summed E-state index contributed by atoms with van der Waals surface area (Å²) in [6.07, 6.45) is 5.31. The first kappa shape index (κ1) is 19.3. The van der Waals surface area contributed by atoms with Crippen molar-refractivity contribution in [3.05, 3.63) is 64.1 Å². The van der Waals surface area contributed by atoms with E-state index in [0.717, 1.165) is 31.5 Å². The van der Waals surface area contributed by atoms with Gasteiger partial charge in [0.25, 0.3) is 5.56 Å². The Labute approximate surface area is 168 Å². The first-order chi connectivity index (χ1) is 13.8. The number of fused-ring (bicyclic) bond motifs is 1. The summed E-state index contributed by atoms with van der Waals surface area (Å²) in [4.78, 5) is 24.5. The van der Waals surface area contributed by atoms with Gasteiger partial charge >= 0.3 is 0 Å². The van der Waals surface area contributed by atoms with Crippen LogP contribution in [0.25, 0.3) is 5.65 Å². The number of benzene rings is 1. The summed E-state index contributed by atoms with van der Waals surface area (Å²) >= 11 is 0. The molecule has 0 radical (unpaired) electrons. The fourth-order valence-corrected chi connectivity index (χ4v) is 3.96. The average Bonchev–Trinajstić information content (AvgIpc) is 3.22. The number of primary sulfonamides is 1. The molecule has 1 aromatic carbocycles. The molecule has 2 aromatic heterocycles. The van der Waals surface area contributed by atoms with Crippen molar-refractivity contribution in [3.8, 4) is 0 Å². The standard InChI is InChI=1S/C20H21N5O3S/c1-14-5-4-12-25-18(14)23-19(24-10-2-3-11-24)17(20(25)26)13-22-15-6-8-16(9-7-15)29(21,27)28/h4-9,12-13H,2-3,10-11H2,1H3,(H2,21,27,28). The molecule has 8 nitrogen and oxygen atoms in total. The molecule has 0 amide bonds. The summed E-state index contributed by atoms with van der Waals surface area (Å²) in [5.41, 5.74) is 2.29. The molecule has 4 rings (SSSR count). The van der Waals surface area contributed by atoms with Gasteiger partial charge in [-0.2, -0.15) is 0 Å². The fourth-order valence-electron chi connectivity index (χ4n) is 3.44. The molecule has 2 N–H and O–H groups in total. The van der Waals surface area contributed by atoms with E-state index in [4.69, 9.17) is 10.1 Å². The minimum Gasteiger partial charge on any atom is -0.356 e. The van der Waals surface area contributed by atoms with Gasteiger partial charge in [0.1, 0.15) is 17.0 Å². The molecular formula is C20H21N5O3S. The molecule has 3 aromatic rings. The molecule has 29 heavy (non-hydrogen) atoms. The maximum absolute atomic E-state index is 13.2. The van der Waals surface area contributed by atoms with Gasteiger partial charge in [0.15, 0.2) is 0 Å². The number of aryl methyl sites for hydroxylation is 1. The molecule has 0 unspecified atom stereocenters. The molecule has 1 saturated heterocycles. The van der Waals surface area contributed by atoms with E-state index in [-0.39, 0.29) is 10.5 Å². The van der Waals surface area contributed by atoms with Crippen LogP contribution in [0.3, 0.4) is 0 Å². The maximum Gasteiger partial charge on any atom is 0.268 e. The first-order valence-corrected chi connectivity index (χ1v) is 10.8. The Morgan fingerprint density at radius 3 is 2.48 bits per heavy atom. The third kappa shape index (κ3) is 3.79. The van der Waals surface area contributed by atoms with E-state index in [1.165, 1.54) is 22.7 Å². The number of rotatable bonds is 4. The van der Waals surface area contributed by atoms with Crippen LogP contribution in [-0.4, -0.2) is 37.1 Å². The second-order valence-corrected chi connectivity index (χ2v) is 8.59. The lowest BCUT2D eigenvalue weighted by Crippen LogP contribution is -2.28. The number of pyridine rings is 1. The highest BCUT2D eigenvalue weighted by atomic mass is 32.2. The van der Waals surface area contributed by atoms with E-state index in [0.29, 0.717) is 22.7 Å². The second kappa shape index (κ2) is 7.41. The SMILES string of the molecule is Cc1cccn2c(=O)c(C=Nc3ccc(S(N)(=O)=O)cc3)c(N3CCCC3)nc12. The largest absolute Gasteiger partial charge is 0.356 e. The van der Waals surface area contributed by atoms with Gasteiger partial charge in [-0.1, -0.05) is 6.07 Å². The predicted octanol–water partition coefficient (Wildman–Crippen LogP) is 2.00. The minimum absolute atomic E-state index is 0.0112. The molecule has 0 atom stereocenters. The summed E-state index contributed by atoms with van der Waals surface area (Å²) < 4.78 is 24.3. The zero-order chi connectivity index (χ0) is 20.6. The van der Waals surface area contributed by atoms with Crippen LogP contribution in [-0.2, 0) is 10.0 Å². The number of aliphatic imine (C=N–C) groups is 1. The van der Waals surface area contributed by atoms with Gasteiger partial charge in [-0.25, -0.2) is 18.5 Å². The van der Waals surface area contributed by atoms with E-state index in [2.05, 4.69) is 9.89 Å². The van der Waals surface area contributed by atoms with Crippen LogP contribution < -0.4 is 15.6 Å². The number of sulfonamides is 1. The smallest absolute Gasteiger partial charge is 0.268 e. The Kier molecular flexibility index (Phi) is 4.93. The van der Waals surface area contributed by atoms with Crippen molar-refractivity contribution < 1.29 is 8.42 Å². The molecule has 1 fully saturated rings. The second-order valence-electron chi connectivity index (χ2n) is 7.03. The third-order valence-electron chi connectivity index (χ3n) is 4.98. The van der Waals surface area contributed by atoms with Crippen molar-refractivity contribution >= 4 is 33.4 Å². The van der Waals surface area contributed by atoms with Crippen LogP contribution in [0.2, 0.25) is 0 Å². The van der Waals surface area contributed by atoms with Crippen LogP contribution >= 0.6 is 0 Å². The summed E-state index contributed by atoms with van der Waals surface area (Å²) in [5.74, 6) is 0.631. The molecule has 150 valence electrons. The van der Waals surface area contributed by atoms with Gasteiger partial charge in [0, 0.05) is 25.5 Å². The summed E-state index contributed by atoms with van der Waals surface area (Å²) in [6.45, 7) is 3.62. The minimum atomic E-state index is -3.76. The average molecular weight is 411 g/mol. The van der Waals surface area contributed by atoms with E-state index in [1.54, 1.807) is 18.3 Å². The molecule has 1 aliphatic heterocycles. The summed E-state index contributed by atoms with van der Waals surface area (Å²) in [5, 5.41) is 5.12. The first-order valence-electron chi connectivity index (χ1n) is 9.28. The summed E-state index contributed by atoms with van der Waals surface area (Å²) in [7, 11) is -3.76. The van der Waals surface area contributed by atoms with Crippen molar-refractivity contribution in [1.29, 1.82) is 0 Å². The van der Waals surface area contributed by atoms with Gasteiger partial charge in [-0.15, -0.1) is 0 Å². The lowest BCUT2D eigenvalue weighted by Gasteiger charge is -2.19. The lowest BCUT2D eigenvalue weighted by atomic mass is 10.2. The molecule has 0 aliphatic carbocycles. The molecule has 3 heterocycles. The molecule has 9 heteroatoms. The molecule has 0 bridgehead atoms. The van der Waals surface area contributed by atoms with Crippen molar-refractivity contribution in [2.45, 2.75) is 24.7 Å². The van der Waals surface area contributed by atoms with Crippen LogP contribution in [0.15, 0.2) is 57.3 Å². The highest BCUT2D eigenvalue weighted by Crippen LogP contribution is 2.22. The number of anilines is 1. The molecule has 1 aliphatic rings. The van der Waals surface area contributed by atoms with E-state index < -0.39 is 10.0 Å². The van der Waals surface area contributed by atoms with Crippen molar-refractivity contribution in [3.63, 3.8) is 0 Å². The quantitative estimate of drug-likeness (QED) is 0.660. The van der Waals surface area contributed by atoms with Crippen molar-refractivity contribution in [1.82, 2.24) is 9.38 Å². The monoisotopic (exact) mass is 411 g/mol. The van der Waals surface area contributed by atoms with Crippen LogP contribution in [0.4, 0.5) is 11.5 Å². The zero-order valence-electron chi connectivity index (χ0n) is 15.9. The third-order valence-corrected chi connectivity index (χ3v) is 5.91. The van der Waals surface area contributed by atoms with Gasteiger partial charge < -0.3 is 4.90 Å². The van der Waals surface area contributed by atoms with Crippen LogP contribution in [0.1, 0.15) is 24.0 Å². The zero-order valence-corrected chi connectivity index (χ0v) is 16.8. The number of hydrogen-bond donors (Lipinski definition) is 1. The van der Waals surface area contributed by atoms with E-state index in [1.807, 2.05) is 19.1 Å². The Hall–Kier alpha value is -3.04. The Bertz CT molecular complexity index is 1260. The Balaban J connectivity index is 1.81. The van der Waals surface area contributed by atoms with Crippen LogP contribution in [0.5, 0.6) is 0 Å². The van der Waals surface area contributed by atoms with Crippen molar-refractivity contribution in [2.75, 3.05) is 18.0 Å². The van der Waals surface area contributed by atoms with Gasteiger partial charge in [-0.3, -0.25) is 14.2 Å². The lowest BCUT2D eigenvalue weighted by molar-refractivity contribution is 0.598. The fraction of sp³-hybridized carbons (Fsp3) is 0.250. The predicted molar refractivity (Wildman–Crippen MR) is 113 cm³/mol. The van der Waals surface area contributed by atoms with Crippen molar-refractivity contribution in [2.24, 2.45) is 10.1 Å². The number of hydrogen-bond acceptors (Lipinski definition) is 6. The van der Waals surface area contributed by atoms with Gasteiger partial charge in [0.05, 0.1) is 10.6 Å². The topological polar surface area (TPSA) is 110 Å². The highest BCUT2D eigenvalue weighted by Gasteiger charge is 2.21. The normalized spacial score (nSPS) is 14.9. The Morgan fingerprint density at radius 2 is 1.83 bits per heavy atom. The maximum atomic E-state index is 13.2. The molecule has 0 spiro atoms. The van der Waals surface area contributed by atoms with Gasteiger partial charge in [0.2, 0.25) is 10.0 Å². The summed E-state index contributed by atoms with van der Waals surface area (Å²) in [6, 6.07) is 9.60. The molecule has 0 saturated carbocycles. The molecular weight excluding hydrogens is 390 g/mol. The van der Waals surface area contributed by atoms with E-state index >= 15 is 0 Å². The number of nitrogens with zero attached hydrogens (tertiary/aromatic N) is 4. The highest BCUT2D eigenvalue weighted by molar-refractivity contribution is 7.89.